The zero-order valence-electron chi connectivity index (χ0n) is 20.2. The number of para-hydroxylation sites is 1. The van der Waals surface area contributed by atoms with E-state index in [0.717, 1.165) is 0 Å². The van der Waals surface area contributed by atoms with Crippen LogP contribution in [0.3, 0.4) is 0 Å². The van der Waals surface area contributed by atoms with Gasteiger partial charge in [-0.3, -0.25) is 19.2 Å². The smallest absolute Gasteiger partial charge is 0.303 e. The summed E-state index contributed by atoms with van der Waals surface area (Å²) in [5.41, 5.74) is 6.67. The van der Waals surface area contributed by atoms with Crippen molar-refractivity contribution in [3.05, 3.63) is 93.1 Å². The van der Waals surface area contributed by atoms with Crippen LogP contribution in [0.1, 0.15) is 49.6 Å². The summed E-state index contributed by atoms with van der Waals surface area (Å²) in [7, 11) is 0. The molecule has 0 spiro atoms. The Morgan fingerprint density at radius 3 is 2.15 bits per heavy atom. The minimum absolute atomic E-state index is 0.000819. The summed E-state index contributed by atoms with van der Waals surface area (Å²) in [6.07, 6.45) is -0.574. The van der Waals surface area contributed by atoms with Crippen LogP contribution in [-0.4, -0.2) is 43.9 Å². The van der Waals surface area contributed by atoms with Crippen molar-refractivity contribution in [2.45, 2.75) is 19.4 Å². The number of carbonyl (C=O) groups is 4. The number of carboxylic acid groups (broad SMARTS) is 1. The number of aromatic hydroxyl groups is 2. The maximum atomic E-state index is 12.3. The quantitative estimate of drug-likeness (QED) is 0.166. The molecule has 0 bridgehead atoms. The van der Waals surface area contributed by atoms with E-state index in [2.05, 4.69) is 10.3 Å². The van der Waals surface area contributed by atoms with E-state index in [1.165, 1.54) is 24.3 Å². The second kappa shape index (κ2) is 12.8. The minimum Gasteiger partial charge on any atom is -0.508 e. The molecular weight excluding hydrogens is 549 g/mol. The van der Waals surface area contributed by atoms with Crippen molar-refractivity contribution < 1.29 is 34.5 Å². The molecule has 3 aromatic carbocycles. The zero-order valence-corrected chi connectivity index (χ0v) is 21.7. The number of nitrogens with one attached hydrogen (secondary N) is 2. The lowest BCUT2D eigenvalue weighted by Crippen LogP contribution is -2.23. The fourth-order valence-corrected chi connectivity index (χ4v) is 4.27. The number of carboxylic acids is 1. The number of aromatic nitrogens is 1. The van der Waals surface area contributed by atoms with Gasteiger partial charge in [0.05, 0.1) is 22.0 Å². The largest absolute Gasteiger partial charge is 0.508 e. The summed E-state index contributed by atoms with van der Waals surface area (Å²) in [5, 5.41) is 30.8. The summed E-state index contributed by atoms with van der Waals surface area (Å²) in [6, 6.07) is 16.1. The Labute approximate surface area is 232 Å². The maximum Gasteiger partial charge on any atom is 0.303 e. The van der Waals surface area contributed by atoms with E-state index in [4.69, 9.17) is 34.0 Å². The van der Waals surface area contributed by atoms with Gasteiger partial charge in [-0.25, -0.2) is 0 Å². The first-order valence-electron chi connectivity index (χ1n) is 11.4. The standard InChI is InChI=1S/C18H15Cl2NO5.C9H8N2O2/c19-13-7-11(8-14(20)17(13)15(23)4-5-16(24)25)18(26)21-9-10-2-1-3-12(22)6-10;10-9(13)7-8(12)5-3-1-2-4-6(5)11-7/h1-3,6-8,22H,4-5,9H2,(H,21,26)(H,24,25);1-4,11-12H,(H2,10,13). The number of hydrogen-bond donors (Lipinski definition) is 6. The van der Waals surface area contributed by atoms with Crippen LogP contribution < -0.4 is 11.1 Å². The highest BCUT2D eigenvalue weighted by Gasteiger charge is 2.19. The Balaban J connectivity index is 0.000000268. The van der Waals surface area contributed by atoms with Crippen molar-refractivity contribution >= 4 is 57.7 Å². The van der Waals surface area contributed by atoms with Gasteiger partial charge >= 0.3 is 5.97 Å². The summed E-state index contributed by atoms with van der Waals surface area (Å²) in [4.78, 5) is 48.4. The van der Waals surface area contributed by atoms with Crippen LogP contribution in [-0.2, 0) is 11.3 Å². The van der Waals surface area contributed by atoms with E-state index in [0.29, 0.717) is 16.5 Å². The minimum atomic E-state index is -1.10. The molecule has 4 aromatic rings. The summed E-state index contributed by atoms with van der Waals surface area (Å²) >= 11 is 12.1. The van der Waals surface area contributed by atoms with E-state index >= 15 is 0 Å². The van der Waals surface area contributed by atoms with E-state index in [-0.39, 0.29) is 57.8 Å². The molecule has 0 aliphatic heterocycles. The molecule has 1 aromatic heterocycles. The van der Waals surface area contributed by atoms with Gasteiger partial charge in [0.2, 0.25) is 0 Å². The number of fused-ring (bicyclic) bond motifs is 1. The number of benzene rings is 3. The van der Waals surface area contributed by atoms with Gasteiger partial charge in [-0.2, -0.15) is 0 Å². The molecule has 0 aliphatic carbocycles. The molecule has 4 rings (SSSR count). The number of amides is 2. The Kier molecular flexibility index (Phi) is 9.53. The van der Waals surface area contributed by atoms with E-state index in [1.54, 1.807) is 30.3 Å². The zero-order chi connectivity index (χ0) is 28.7. The van der Waals surface area contributed by atoms with Crippen LogP contribution in [0.2, 0.25) is 10.0 Å². The normalized spacial score (nSPS) is 10.4. The average molecular weight is 572 g/mol. The number of rotatable bonds is 8. The van der Waals surface area contributed by atoms with Crippen molar-refractivity contribution in [1.29, 1.82) is 0 Å². The number of primary amides is 1. The lowest BCUT2D eigenvalue weighted by atomic mass is 10.0. The van der Waals surface area contributed by atoms with Crippen LogP contribution in [0.25, 0.3) is 10.9 Å². The predicted octanol–water partition coefficient (Wildman–Crippen LogP) is 4.65. The number of nitrogens with two attached hydrogens (primary N) is 1. The number of hydrogen-bond acceptors (Lipinski definition) is 6. The number of carbonyl (C=O) groups excluding carboxylic acids is 3. The first-order valence-corrected chi connectivity index (χ1v) is 12.1. The Morgan fingerprint density at radius 2 is 1.56 bits per heavy atom. The molecule has 12 heteroatoms. The Morgan fingerprint density at radius 1 is 0.897 bits per heavy atom. The highest BCUT2D eigenvalue weighted by molar-refractivity contribution is 6.40. The Bertz CT molecular complexity index is 1540. The first kappa shape index (κ1) is 29.0. The van der Waals surface area contributed by atoms with Crippen molar-refractivity contribution in [2.75, 3.05) is 0 Å². The van der Waals surface area contributed by atoms with Gasteiger partial charge < -0.3 is 31.4 Å². The SMILES string of the molecule is NC(=O)c1[nH]c2ccccc2c1O.O=C(O)CCC(=O)c1c(Cl)cc(C(=O)NCc2cccc(O)c2)cc1Cl. The highest BCUT2D eigenvalue weighted by atomic mass is 35.5. The van der Waals surface area contributed by atoms with Gasteiger partial charge in [0.25, 0.3) is 11.8 Å². The monoisotopic (exact) mass is 571 g/mol. The first-order chi connectivity index (χ1) is 18.5. The van der Waals surface area contributed by atoms with Gasteiger partial charge in [0.15, 0.2) is 11.5 Å². The summed E-state index contributed by atoms with van der Waals surface area (Å²) < 4.78 is 0. The van der Waals surface area contributed by atoms with Crippen LogP contribution in [0.15, 0.2) is 60.7 Å². The Hall–Kier alpha value is -4.54. The average Bonchev–Trinajstić information content (AvgIpc) is 3.23. The topological polar surface area (TPSA) is 183 Å². The number of Topliss-reactive ketones (excluding diaryl/α,β-unsaturated/α-hetero) is 1. The van der Waals surface area contributed by atoms with E-state index in [9.17, 15) is 29.4 Å². The highest BCUT2D eigenvalue weighted by Crippen LogP contribution is 2.29. The van der Waals surface area contributed by atoms with Gasteiger partial charge in [-0.05, 0) is 42.0 Å². The second-order valence-electron chi connectivity index (χ2n) is 8.24. The summed E-state index contributed by atoms with van der Waals surface area (Å²) in [5.74, 6) is -2.71. The van der Waals surface area contributed by atoms with E-state index in [1.807, 2.05) is 6.07 Å². The van der Waals surface area contributed by atoms with E-state index < -0.39 is 23.6 Å². The van der Waals surface area contributed by atoms with Gasteiger partial charge in [0.1, 0.15) is 11.4 Å². The third-order valence-corrected chi connectivity index (χ3v) is 6.03. The maximum absolute atomic E-state index is 12.3. The molecule has 202 valence electrons. The fraction of sp³-hybridized carbons (Fsp3) is 0.111. The number of phenolic OH excluding ortho intramolecular Hbond substituents is 1. The molecule has 1 heterocycles. The molecule has 0 aliphatic rings. The summed E-state index contributed by atoms with van der Waals surface area (Å²) in [6.45, 7) is 0.182. The molecule has 0 fully saturated rings. The molecule has 10 nitrogen and oxygen atoms in total. The molecule has 2 amide bonds. The number of aliphatic carboxylic acids is 1. The lowest BCUT2D eigenvalue weighted by molar-refractivity contribution is -0.136. The second-order valence-corrected chi connectivity index (χ2v) is 9.06. The number of ketones is 1. The third kappa shape index (κ3) is 7.50. The van der Waals surface area contributed by atoms with Crippen LogP contribution in [0, 0.1) is 0 Å². The predicted molar refractivity (Wildman–Crippen MR) is 145 cm³/mol. The van der Waals surface area contributed by atoms with Crippen LogP contribution in [0.5, 0.6) is 11.5 Å². The number of phenols is 1. The van der Waals surface area contributed by atoms with Crippen molar-refractivity contribution in [1.82, 2.24) is 10.3 Å². The molecular formula is C27H23Cl2N3O7. The van der Waals surface area contributed by atoms with Crippen LogP contribution >= 0.6 is 23.2 Å². The van der Waals surface area contributed by atoms with Gasteiger partial charge in [-0.1, -0.05) is 47.5 Å². The molecule has 0 saturated carbocycles. The van der Waals surface area contributed by atoms with Gasteiger partial charge in [-0.15, -0.1) is 0 Å². The molecule has 0 radical (unpaired) electrons. The van der Waals surface area contributed by atoms with Crippen molar-refractivity contribution in [2.24, 2.45) is 5.73 Å². The number of aromatic amines is 1. The number of halogens is 2. The van der Waals surface area contributed by atoms with Crippen molar-refractivity contribution in [3.8, 4) is 11.5 Å². The molecule has 0 saturated heterocycles. The fourth-order valence-electron chi connectivity index (χ4n) is 3.57. The molecule has 0 atom stereocenters. The number of H-pyrrole nitrogens is 1. The van der Waals surface area contributed by atoms with Gasteiger partial charge in [0, 0.05) is 29.4 Å². The molecule has 39 heavy (non-hydrogen) atoms. The lowest BCUT2D eigenvalue weighted by Gasteiger charge is -2.10. The van der Waals surface area contributed by atoms with Crippen LogP contribution in [0.4, 0.5) is 0 Å². The molecule has 7 N–H and O–H groups in total. The van der Waals surface area contributed by atoms with Crippen molar-refractivity contribution in [3.63, 3.8) is 0 Å². The third-order valence-electron chi connectivity index (χ3n) is 5.44. The molecule has 0 unspecified atom stereocenters.